The lowest BCUT2D eigenvalue weighted by atomic mass is 10.00. The van der Waals surface area contributed by atoms with Crippen molar-refractivity contribution < 1.29 is 26.9 Å². The van der Waals surface area contributed by atoms with Gasteiger partial charge in [-0.1, -0.05) is 60.1 Å². The number of hydrogen-bond acceptors (Lipinski definition) is 3. The maximum Gasteiger partial charge on any atom is 0.227 e. The van der Waals surface area contributed by atoms with Gasteiger partial charge in [0.25, 0.3) is 0 Å². The van der Waals surface area contributed by atoms with Crippen LogP contribution in [0.15, 0.2) is 109 Å². The zero-order chi connectivity index (χ0) is 26.3. The second-order valence-electron chi connectivity index (χ2n) is 9.12. The molecule has 1 amide bonds. The van der Waals surface area contributed by atoms with Crippen LogP contribution in [0.4, 0.5) is 0 Å². The molecule has 0 atom stereocenters. The third-order valence-corrected chi connectivity index (χ3v) is 7.49. The van der Waals surface area contributed by atoms with E-state index in [-0.39, 0.29) is 18.3 Å². The van der Waals surface area contributed by atoms with Gasteiger partial charge in [0.1, 0.15) is 12.4 Å². The van der Waals surface area contributed by atoms with Gasteiger partial charge >= 0.3 is 0 Å². The van der Waals surface area contributed by atoms with Crippen molar-refractivity contribution in [2.45, 2.75) is 19.6 Å². The third-order valence-electron chi connectivity index (χ3n) is 6.30. The van der Waals surface area contributed by atoms with Gasteiger partial charge in [-0.2, -0.15) is 0 Å². The highest BCUT2D eigenvalue weighted by Crippen LogP contribution is 2.42. The van der Waals surface area contributed by atoms with E-state index in [1.165, 1.54) is 0 Å². The molecule has 0 saturated carbocycles. The summed E-state index contributed by atoms with van der Waals surface area (Å²) >= 11 is 8.09. The van der Waals surface area contributed by atoms with Gasteiger partial charge in [-0.05, 0) is 58.5 Å². The van der Waals surface area contributed by atoms with Crippen molar-refractivity contribution in [3.63, 3.8) is 0 Å². The van der Waals surface area contributed by atoms with E-state index in [1.807, 2.05) is 92.2 Å². The number of hydrogen-bond donors (Lipinski definition) is 0. The fraction of sp³-hybridized carbons (Fsp3) is 0.125. The first kappa shape index (κ1) is 28.4. The summed E-state index contributed by atoms with van der Waals surface area (Å²) in [4.78, 5) is 18.9. The van der Waals surface area contributed by atoms with Crippen LogP contribution in [0.1, 0.15) is 16.7 Å². The van der Waals surface area contributed by atoms with Gasteiger partial charge in [-0.3, -0.25) is 4.79 Å². The van der Waals surface area contributed by atoms with Gasteiger partial charge in [0.15, 0.2) is 12.4 Å². The topological polar surface area (TPSA) is 43.7 Å². The van der Waals surface area contributed by atoms with Gasteiger partial charge in [0, 0.05) is 39.7 Å². The number of aromatic nitrogens is 1. The summed E-state index contributed by atoms with van der Waals surface area (Å²) in [6.07, 6.45) is 4.11. The van der Waals surface area contributed by atoms with Gasteiger partial charge in [-0.25, -0.2) is 4.98 Å². The smallest absolute Gasteiger partial charge is 0.227 e. The molecule has 2 heterocycles. The summed E-state index contributed by atoms with van der Waals surface area (Å²) in [6, 6.07) is 30.1. The number of pyridine rings is 1. The molecule has 1 N–H and O–H groups in total. The number of likely N-dealkylation sites (N-methyl/N-ethyl adjacent to an activating group) is 1. The molecule has 0 fully saturated rings. The number of rotatable bonds is 9. The zero-order valence-electron chi connectivity index (χ0n) is 21.4. The first-order valence-corrected chi connectivity index (χ1v) is 13.6. The van der Waals surface area contributed by atoms with Gasteiger partial charge in [-0.15, -0.1) is 11.3 Å². The number of halogens is 2. The Hall–Kier alpha value is -3.64. The van der Waals surface area contributed by atoms with Crippen molar-refractivity contribution in [3.8, 4) is 27.3 Å². The van der Waals surface area contributed by atoms with Crippen LogP contribution in [0.25, 0.3) is 21.6 Å². The summed E-state index contributed by atoms with van der Waals surface area (Å²) < 4.78 is 6.24. The Kier molecular flexibility index (Phi) is 9.77. The number of ether oxygens (including phenoxy) is 1. The molecular formula is C32H28Cl2N2O2S. The van der Waals surface area contributed by atoms with Crippen LogP contribution in [-0.2, 0) is 24.4 Å². The number of H-pyrrole nitrogens is 1. The maximum atomic E-state index is 13.0. The van der Waals surface area contributed by atoms with Gasteiger partial charge in [0.2, 0.25) is 5.91 Å². The standard InChI is InChI=1S/C32H27ClN2O2S.ClH/c1-35(21-25-10-6-15-34-20-25)31(36)18-24-9-5-11-26(17-24)32-28(14-16-38-32)29-19-27(33)12-13-30(29)37-22-23-7-3-2-4-8-23;/h2-17,19-20H,18,21-22H2,1H3;1H. The predicted molar refractivity (Wildman–Crippen MR) is 154 cm³/mol. The second-order valence-corrected chi connectivity index (χ2v) is 10.5. The molecule has 0 aliphatic carbocycles. The van der Waals surface area contributed by atoms with Crippen LogP contribution in [0, 0.1) is 0 Å². The Labute approximate surface area is 244 Å². The molecule has 0 saturated heterocycles. The van der Waals surface area contributed by atoms with Gasteiger partial charge in [0.05, 0.1) is 13.0 Å². The average molecular weight is 576 g/mol. The minimum Gasteiger partial charge on any atom is -1.00 e. The van der Waals surface area contributed by atoms with Crippen LogP contribution in [0.3, 0.4) is 0 Å². The number of amides is 1. The van der Waals surface area contributed by atoms with Crippen molar-refractivity contribution in [3.05, 3.63) is 130 Å². The second kappa shape index (κ2) is 13.4. The molecule has 5 aromatic rings. The van der Waals surface area contributed by atoms with Crippen LogP contribution < -0.4 is 22.1 Å². The van der Waals surface area contributed by atoms with Crippen molar-refractivity contribution in [1.82, 2.24) is 4.90 Å². The normalized spacial score (nSPS) is 10.5. The van der Waals surface area contributed by atoms with E-state index in [0.29, 0.717) is 24.6 Å². The van der Waals surface area contributed by atoms with E-state index in [2.05, 4.69) is 28.6 Å². The molecule has 4 nitrogen and oxygen atoms in total. The number of benzene rings is 3. The number of carbonyl (C=O) groups is 1. The quantitative estimate of drug-likeness (QED) is 0.263. The molecule has 0 radical (unpaired) electrons. The maximum absolute atomic E-state index is 13.0. The van der Waals surface area contributed by atoms with E-state index >= 15 is 0 Å². The lowest BCUT2D eigenvalue weighted by molar-refractivity contribution is -0.378. The van der Waals surface area contributed by atoms with Gasteiger partial charge < -0.3 is 22.0 Å². The van der Waals surface area contributed by atoms with E-state index < -0.39 is 0 Å². The highest BCUT2D eigenvalue weighted by atomic mass is 35.5. The van der Waals surface area contributed by atoms with Crippen LogP contribution in [0.5, 0.6) is 5.75 Å². The lowest BCUT2D eigenvalue weighted by Crippen LogP contribution is -3.00. The Morgan fingerprint density at radius 1 is 0.897 bits per heavy atom. The lowest BCUT2D eigenvalue weighted by Gasteiger charge is -2.17. The van der Waals surface area contributed by atoms with E-state index in [9.17, 15) is 4.79 Å². The minimum absolute atomic E-state index is 0. The fourth-order valence-corrected chi connectivity index (χ4v) is 5.42. The van der Waals surface area contributed by atoms with E-state index in [1.54, 1.807) is 16.2 Å². The Morgan fingerprint density at radius 3 is 2.49 bits per heavy atom. The Morgan fingerprint density at radius 2 is 1.69 bits per heavy atom. The summed E-state index contributed by atoms with van der Waals surface area (Å²) in [5.74, 6) is 0.855. The molecule has 3 aromatic carbocycles. The summed E-state index contributed by atoms with van der Waals surface area (Å²) in [7, 11) is 1.84. The highest BCUT2D eigenvalue weighted by Gasteiger charge is 2.16. The SMILES string of the molecule is CN(Cc1ccc[nH+]c1)C(=O)Cc1cccc(-c2sccc2-c2cc(Cl)ccc2OCc2ccccc2)c1.[Cl-]. The minimum atomic E-state index is 0. The largest absolute Gasteiger partial charge is 1.00 e. The molecule has 39 heavy (non-hydrogen) atoms. The Balaban J connectivity index is 0.00000353. The molecule has 2 aromatic heterocycles. The first-order chi connectivity index (χ1) is 18.6. The number of aromatic amines is 1. The molecule has 0 aliphatic heterocycles. The van der Waals surface area contributed by atoms with Crippen molar-refractivity contribution >= 4 is 28.8 Å². The summed E-state index contributed by atoms with van der Waals surface area (Å²) in [5, 5.41) is 2.73. The van der Waals surface area contributed by atoms with Crippen molar-refractivity contribution in [2.24, 2.45) is 0 Å². The van der Waals surface area contributed by atoms with E-state index in [4.69, 9.17) is 16.3 Å². The van der Waals surface area contributed by atoms with Crippen molar-refractivity contribution in [1.29, 1.82) is 0 Å². The fourth-order valence-electron chi connectivity index (χ4n) is 4.34. The Bertz CT molecular complexity index is 1520. The number of nitrogens with zero attached hydrogens (tertiary/aromatic N) is 1. The zero-order valence-corrected chi connectivity index (χ0v) is 23.8. The molecule has 0 unspecified atom stereocenters. The highest BCUT2D eigenvalue weighted by molar-refractivity contribution is 7.14. The first-order valence-electron chi connectivity index (χ1n) is 12.4. The molecule has 198 valence electrons. The monoisotopic (exact) mass is 574 g/mol. The average Bonchev–Trinajstić information content (AvgIpc) is 3.44. The summed E-state index contributed by atoms with van der Waals surface area (Å²) in [6.45, 7) is 1.03. The molecule has 0 aliphatic rings. The molecule has 0 spiro atoms. The predicted octanol–water partition coefficient (Wildman–Crippen LogP) is 4.33. The van der Waals surface area contributed by atoms with Crippen LogP contribution in [0.2, 0.25) is 5.02 Å². The van der Waals surface area contributed by atoms with Crippen molar-refractivity contribution in [2.75, 3.05) is 7.05 Å². The summed E-state index contributed by atoms with van der Waals surface area (Å²) in [5.41, 5.74) is 6.21. The number of carbonyl (C=O) groups excluding carboxylic acids is 1. The number of nitrogens with one attached hydrogen (secondary N) is 1. The molecular weight excluding hydrogens is 547 g/mol. The third kappa shape index (κ3) is 7.27. The van der Waals surface area contributed by atoms with Crippen LogP contribution >= 0.6 is 22.9 Å². The van der Waals surface area contributed by atoms with E-state index in [0.717, 1.165) is 44.0 Å². The molecule has 0 bridgehead atoms. The van der Waals surface area contributed by atoms with Crippen LogP contribution in [-0.4, -0.2) is 17.9 Å². The molecule has 7 heteroatoms. The molecule has 5 rings (SSSR count). The number of thiophene rings is 1.